The Morgan fingerprint density at radius 2 is 1.53 bits per heavy atom. The van der Waals surface area contributed by atoms with E-state index in [0.717, 1.165) is 0 Å². The van der Waals surface area contributed by atoms with Gasteiger partial charge in [0.15, 0.2) is 0 Å². The molecule has 0 aliphatic carbocycles. The summed E-state index contributed by atoms with van der Waals surface area (Å²) in [7, 11) is -1.05. The summed E-state index contributed by atoms with van der Waals surface area (Å²) >= 11 is 0. The standard InChI is InChI=1S/C15H17BP/c1-2-8-14(9-3-1)17(12-6-7-13-17)15-10-4-5-11-16-15/h1-5,8-11H,6-7,12-13H2/q+1. The molecule has 0 spiro atoms. The average Bonchev–Trinajstić information content (AvgIpc) is 2.91. The molecule has 2 heteroatoms. The van der Waals surface area contributed by atoms with Crippen molar-refractivity contribution < 1.29 is 0 Å². The summed E-state index contributed by atoms with van der Waals surface area (Å²) in [5, 5.41) is 3.20. The van der Waals surface area contributed by atoms with Gasteiger partial charge in [-0.25, -0.2) is 0 Å². The van der Waals surface area contributed by atoms with E-state index >= 15 is 0 Å². The molecular weight excluding hydrogens is 222 g/mol. The third-order valence-corrected chi connectivity index (χ3v) is 8.56. The summed E-state index contributed by atoms with van der Waals surface area (Å²) < 4.78 is 0. The fourth-order valence-corrected chi connectivity index (χ4v) is 7.53. The maximum absolute atomic E-state index is 2.34. The van der Waals surface area contributed by atoms with E-state index in [1.165, 1.54) is 25.2 Å². The summed E-state index contributed by atoms with van der Waals surface area (Å²) in [5.41, 5.74) is 0. The average molecular weight is 239 g/mol. The molecule has 17 heavy (non-hydrogen) atoms. The third-order valence-electron chi connectivity index (χ3n) is 3.83. The zero-order valence-corrected chi connectivity index (χ0v) is 10.9. The van der Waals surface area contributed by atoms with Crippen molar-refractivity contribution in [2.45, 2.75) is 12.8 Å². The molecule has 2 aromatic rings. The molecule has 1 aliphatic heterocycles. The minimum absolute atomic E-state index is 1.05. The van der Waals surface area contributed by atoms with E-state index in [-0.39, 0.29) is 0 Å². The van der Waals surface area contributed by atoms with Crippen LogP contribution in [0.25, 0.3) is 0 Å². The first-order chi connectivity index (χ1) is 8.42. The molecule has 84 valence electrons. The van der Waals surface area contributed by atoms with E-state index in [0.29, 0.717) is 0 Å². The summed E-state index contributed by atoms with van der Waals surface area (Å²) in [6, 6.07) is 17.8. The fraction of sp³-hybridized carbons (Fsp3) is 0.267. The topological polar surface area (TPSA) is 0 Å². The van der Waals surface area contributed by atoms with Gasteiger partial charge >= 0.3 is 104 Å². The molecule has 1 aromatic heterocycles. The van der Waals surface area contributed by atoms with Crippen LogP contribution < -0.4 is 10.5 Å². The van der Waals surface area contributed by atoms with Crippen molar-refractivity contribution in [3.8, 4) is 0 Å². The number of benzene rings is 1. The van der Waals surface area contributed by atoms with Gasteiger partial charge in [0.25, 0.3) is 0 Å². The van der Waals surface area contributed by atoms with Gasteiger partial charge in [0.1, 0.15) is 0 Å². The van der Waals surface area contributed by atoms with Crippen molar-refractivity contribution in [3.63, 3.8) is 0 Å². The predicted molar refractivity (Wildman–Crippen MR) is 79.4 cm³/mol. The molecule has 2 heterocycles. The number of hydrogen-bond acceptors (Lipinski definition) is 0. The van der Waals surface area contributed by atoms with Crippen LogP contribution in [0.5, 0.6) is 0 Å². The monoisotopic (exact) mass is 239 g/mol. The van der Waals surface area contributed by atoms with Gasteiger partial charge in [0.2, 0.25) is 0 Å². The van der Waals surface area contributed by atoms with Gasteiger partial charge in [0, 0.05) is 0 Å². The number of hydrogen-bond donors (Lipinski definition) is 0. The van der Waals surface area contributed by atoms with Crippen LogP contribution in [0.3, 0.4) is 0 Å². The molecule has 0 amide bonds. The van der Waals surface area contributed by atoms with Crippen LogP contribution >= 0.6 is 7.26 Å². The van der Waals surface area contributed by atoms with E-state index < -0.39 is 7.26 Å². The van der Waals surface area contributed by atoms with Gasteiger partial charge in [-0.05, 0) is 0 Å². The Morgan fingerprint density at radius 1 is 0.824 bits per heavy atom. The zero-order chi connectivity index (χ0) is 11.6. The SMILES string of the molecule is b1ccccc1[P+]1(c2ccccc2)CCCC1. The van der Waals surface area contributed by atoms with Crippen LogP contribution in [0.15, 0.2) is 54.5 Å². The first-order valence-corrected chi connectivity index (χ1v) is 8.56. The Balaban J connectivity index is 2.11. The van der Waals surface area contributed by atoms with Crippen LogP contribution in [0.1, 0.15) is 12.8 Å². The first kappa shape index (κ1) is 11.2. The Morgan fingerprint density at radius 3 is 2.18 bits per heavy atom. The Labute approximate surface area is 105 Å². The molecule has 0 N–H and O–H groups in total. The van der Waals surface area contributed by atoms with Crippen molar-refractivity contribution in [3.05, 3.63) is 54.5 Å². The second-order valence-corrected chi connectivity index (χ2v) is 8.66. The van der Waals surface area contributed by atoms with Crippen molar-refractivity contribution in [1.29, 1.82) is 0 Å². The van der Waals surface area contributed by atoms with Crippen molar-refractivity contribution >= 4 is 24.7 Å². The molecule has 1 aromatic carbocycles. The van der Waals surface area contributed by atoms with Gasteiger partial charge in [-0.15, -0.1) is 0 Å². The quantitative estimate of drug-likeness (QED) is 0.707. The minimum atomic E-state index is -1.05. The molecule has 1 fully saturated rings. The van der Waals surface area contributed by atoms with Crippen LogP contribution in [-0.2, 0) is 0 Å². The molecule has 1 saturated heterocycles. The molecule has 3 rings (SSSR count). The molecule has 0 atom stereocenters. The second kappa shape index (κ2) is 4.74. The molecule has 0 radical (unpaired) electrons. The molecule has 0 saturated carbocycles. The predicted octanol–water partition coefficient (Wildman–Crippen LogP) is 2.79. The van der Waals surface area contributed by atoms with Crippen molar-refractivity contribution in [1.82, 2.24) is 0 Å². The first-order valence-electron chi connectivity index (χ1n) is 6.40. The Bertz CT molecular complexity index is 433. The van der Waals surface area contributed by atoms with Gasteiger partial charge in [-0.2, -0.15) is 0 Å². The van der Waals surface area contributed by atoms with E-state index in [2.05, 4.69) is 61.4 Å². The van der Waals surface area contributed by atoms with Gasteiger partial charge in [-0.1, -0.05) is 0 Å². The van der Waals surface area contributed by atoms with E-state index in [9.17, 15) is 0 Å². The van der Waals surface area contributed by atoms with Gasteiger partial charge in [0.05, 0.1) is 0 Å². The molecule has 0 bridgehead atoms. The van der Waals surface area contributed by atoms with Crippen LogP contribution in [0.4, 0.5) is 0 Å². The molecule has 1 aliphatic rings. The van der Waals surface area contributed by atoms with E-state index in [1.807, 2.05) is 0 Å². The summed E-state index contributed by atoms with van der Waals surface area (Å²) in [4.78, 5) is 0. The summed E-state index contributed by atoms with van der Waals surface area (Å²) in [6.07, 6.45) is 5.61. The third kappa shape index (κ3) is 1.98. The normalized spacial score (nSPS) is 17.9. The van der Waals surface area contributed by atoms with Gasteiger partial charge in [-0.3, -0.25) is 0 Å². The van der Waals surface area contributed by atoms with Crippen molar-refractivity contribution in [2.75, 3.05) is 12.3 Å². The number of rotatable bonds is 2. The maximum atomic E-state index is 2.34. The zero-order valence-electron chi connectivity index (χ0n) is 10.0. The fourth-order valence-electron chi connectivity index (χ4n) is 2.97. The van der Waals surface area contributed by atoms with E-state index in [4.69, 9.17) is 0 Å². The van der Waals surface area contributed by atoms with E-state index in [1.54, 1.807) is 10.5 Å². The van der Waals surface area contributed by atoms with Crippen molar-refractivity contribution in [2.24, 2.45) is 0 Å². The van der Waals surface area contributed by atoms with Gasteiger partial charge < -0.3 is 0 Å². The second-order valence-electron chi connectivity index (χ2n) is 4.79. The molecule has 0 unspecified atom stereocenters. The Kier molecular flexibility index (Phi) is 3.12. The van der Waals surface area contributed by atoms with Crippen LogP contribution in [0, 0.1) is 0 Å². The van der Waals surface area contributed by atoms with Crippen LogP contribution in [-0.4, -0.2) is 19.2 Å². The summed E-state index contributed by atoms with van der Waals surface area (Å²) in [5.74, 6) is 2.19. The molecule has 0 nitrogen and oxygen atoms in total. The summed E-state index contributed by atoms with van der Waals surface area (Å²) in [6.45, 7) is 2.34. The van der Waals surface area contributed by atoms with Crippen LogP contribution in [0.2, 0.25) is 0 Å². The molecular formula is C15H17BP+. The Hall–Kier alpha value is -0.935.